The minimum atomic E-state index is -0.400. The highest BCUT2D eigenvalue weighted by Gasteiger charge is 2.11. The van der Waals surface area contributed by atoms with E-state index in [0.717, 1.165) is 11.4 Å². The molecule has 0 saturated heterocycles. The van der Waals surface area contributed by atoms with Crippen molar-refractivity contribution in [1.29, 1.82) is 0 Å². The van der Waals surface area contributed by atoms with Crippen LogP contribution in [0.1, 0.15) is 16.2 Å². The van der Waals surface area contributed by atoms with Gasteiger partial charge in [0.05, 0.1) is 5.02 Å². The maximum absolute atomic E-state index is 13.2. The van der Waals surface area contributed by atoms with Gasteiger partial charge in [0.25, 0.3) is 0 Å². The predicted molar refractivity (Wildman–Crippen MR) is 65.4 cm³/mol. The monoisotopic (exact) mass is 302 g/mol. The van der Waals surface area contributed by atoms with Crippen molar-refractivity contribution in [2.75, 3.05) is 0 Å². The molecular weight excluding hydrogens is 294 g/mol. The van der Waals surface area contributed by atoms with Crippen molar-refractivity contribution in [2.45, 2.75) is 11.2 Å². The van der Waals surface area contributed by atoms with Crippen molar-refractivity contribution >= 4 is 27.5 Å². The second-order valence-electron chi connectivity index (χ2n) is 3.38. The Kier molecular flexibility index (Phi) is 3.61. The standard InChI is InChI=1S/C11H9BrClFN2/c12-8(6-11-15-3-4-16-11)7-1-2-9(13)10(14)5-7/h1-5,8H,6H2,(H,15,16). The maximum atomic E-state index is 13.2. The molecule has 0 amide bonds. The van der Waals surface area contributed by atoms with Crippen LogP contribution < -0.4 is 0 Å². The first-order valence-electron chi connectivity index (χ1n) is 4.74. The molecule has 1 unspecified atom stereocenters. The molecule has 1 atom stereocenters. The summed E-state index contributed by atoms with van der Waals surface area (Å²) in [6.45, 7) is 0. The summed E-state index contributed by atoms with van der Waals surface area (Å²) in [5.74, 6) is 0.459. The van der Waals surface area contributed by atoms with Crippen molar-refractivity contribution < 1.29 is 4.39 Å². The van der Waals surface area contributed by atoms with Gasteiger partial charge in [-0.25, -0.2) is 9.37 Å². The summed E-state index contributed by atoms with van der Waals surface area (Å²) >= 11 is 9.12. The van der Waals surface area contributed by atoms with Crippen LogP contribution in [-0.2, 0) is 6.42 Å². The molecule has 1 heterocycles. The highest BCUT2D eigenvalue weighted by atomic mass is 79.9. The fourth-order valence-corrected chi connectivity index (χ4v) is 2.11. The van der Waals surface area contributed by atoms with Gasteiger partial charge in [-0.1, -0.05) is 33.6 Å². The number of imidazole rings is 1. The van der Waals surface area contributed by atoms with Crippen molar-refractivity contribution in [1.82, 2.24) is 9.97 Å². The third-order valence-electron chi connectivity index (χ3n) is 2.23. The zero-order valence-electron chi connectivity index (χ0n) is 8.25. The van der Waals surface area contributed by atoms with Gasteiger partial charge in [-0.3, -0.25) is 0 Å². The molecule has 5 heteroatoms. The largest absolute Gasteiger partial charge is 0.349 e. The number of hydrogen-bond donors (Lipinski definition) is 1. The molecule has 0 spiro atoms. The number of aromatic nitrogens is 2. The first kappa shape index (κ1) is 11.6. The fourth-order valence-electron chi connectivity index (χ4n) is 1.40. The molecule has 2 aromatic rings. The first-order valence-corrected chi connectivity index (χ1v) is 6.03. The molecule has 0 bridgehead atoms. The van der Waals surface area contributed by atoms with Gasteiger partial charge in [0, 0.05) is 23.6 Å². The average molecular weight is 304 g/mol. The van der Waals surface area contributed by atoms with Gasteiger partial charge in [0.1, 0.15) is 11.6 Å². The van der Waals surface area contributed by atoms with E-state index in [1.54, 1.807) is 24.5 Å². The minimum Gasteiger partial charge on any atom is -0.349 e. The number of rotatable bonds is 3. The predicted octanol–water partition coefficient (Wildman–Crippen LogP) is 3.88. The highest BCUT2D eigenvalue weighted by Crippen LogP contribution is 2.28. The van der Waals surface area contributed by atoms with Crippen LogP contribution in [0.25, 0.3) is 0 Å². The van der Waals surface area contributed by atoms with Crippen LogP contribution >= 0.6 is 27.5 Å². The van der Waals surface area contributed by atoms with E-state index in [1.807, 2.05) is 0 Å². The number of alkyl halides is 1. The van der Waals surface area contributed by atoms with E-state index in [9.17, 15) is 4.39 Å². The minimum absolute atomic E-state index is 0.0189. The SMILES string of the molecule is Fc1cc(C(Br)Cc2ncc[nH]2)ccc1Cl. The molecule has 84 valence electrons. The average Bonchev–Trinajstić information content (AvgIpc) is 2.74. The van der Waals surface area contributed by atoms with Crippen LogP contribution in [0.3, 0.4) is 0 Å². The number of benzene rings is 1. The van der Waals surface area contributed by atoms with E-state index in [2.05, 4.69) is 25.9 Å². The Labute approximate surface area is 106 Å². The third-order valence-corrected chi connectivity index (χ3v) is 3.39. The van der Waals surface area contributed by atoms with E-state index in [-0.39, 0.29) is 9.85 Å². The Morgan fingerprint density at radius 2 is 2.31 bits per heavy atom. The molecule has 0 aliphatic heterocycles. The van der Waals surface area contributed by atoms with Gasteiger partial charge >= 0.3 is 0 Å². The lowest BCUT2D eigenvalue weighted by Gasteiger charge is -2.08. The summed E-state index contributed by atoms with van der Waals surface area (Å²) in [5, 5.41) is 0.140. The maximum Gasteiger partial charge on any atom is 0.142 e. The van der Waals surface area contributed by atoms with Crippen LogP contribution in [0.15, 0.2) is 30.6 Å². The summed E-state index contributed by atoms with van der Waals surface area (Å²) in [4.78, 5) is 7.14. The second kappa shape index (κ2) is 4.97. The molecule has 2 nitrogen and oxygen atoms in total. The van der Waals surface area contributed by atoms with Gasteiger partial charge in [-0.05, 0) is 17.7 Å². The number of hydrogen-bond acceptors (Lipinski definition) is 1. The van der Waals surface area contributed by atoms with E-state index in [0.29, 0.717) is 6.42 Å². The topological polar surface area (TPSA) is 28.7 Å². The van der Waals surface area contributed by atoms with Crippen LogP contribution in [0, 0.1) is 5.82 Å². The van der Waals surface area contributed by atoms with Crippen LogP contribution in [0.2, 0.25) is 5.02 Å². The van der Waals surface area contributed by atoms with Gasteiger partial charge in [0.15, 0.2) is 0 Å². The van der Waals surface area contributed by atoms with Gasteiger partial charge < -0.3 is 4.98 Å². The van der Waals surface area contributed by atoms with E-state index >= 15 is 0 Å². The molecule has 0 aliphatic carbocycles. The summed E-state index contributed by atoms with van der Waals surface area (Å²) in [5.41, 5.74) is 0.846. The lowest BCUT2D eigenvalue weighted by Crippen LogP contribution is -1.98. The number of H-pyrrole nitrogens is 1. The summed E-state index contributed by atoms with van der Waals surface area (Å²) in [6, 6.07) is 4.79. The lowest BCUT2D eigenvalue weighted by molar-refractivity contribution is 0.625. The Hall–Kier alpha value is -0.870. The smallest absolute Gasteiger partial charge is 0.142 e. The highest BCUT2D eigenvalue weighted by molar-refractivity contribution is 9.09. The van der Waals surface area contributed by atoms with Crippen molar-refractivity contribution in [3.63, 3.8) is 0 Å². The van der Waals surface area contributed by atoms with E-state index in [4.69, 9.17) is 11.6 Å². The molecule has 0 fully saturated rings. The number of aromatic amines is 1. The molecule has 0 aliphatic rings. The summed E-state index contributed by atoms with van der Waals surface area (Å²) in [6.07, 6.45) is 4.13. The Bertz CT molecular complexity index is 473. The first-order chi connectivity index (χ1) is 7.66. The third kappa shape index (κ3) is 2.62. The number of nitrogens with one attached hydrogen (secondary N) is 1. The van der Waals surface area contributed by atoms with Crippen molar-refractivity contribution in [3.8, 4) is 0 Å². The van der Waals surface area contributed by atoms with Gasteiger partial charge in [-0.15, -0.1) is 0 Å². The van der Waals surface area contributed by atoms with Crippen LogP contribution in [0.4, 0.5) is 4.39 Å². The fraction of sp³-hybridized carbons (Fsp3) is 0.182. The Morgan fingerprint density at radius 3 is 2.94 bits per heavy atom. The molecular formula is C11H9BrClFN2. The quantitative estimate of drug-likeness (QED) is 0.857. The molecule has 0 saturated carbocycles. The lowest BCUT2D eigenvalue weighted by atomic mass is 10.1. The second-order valence-corrected chi connectivity index (χ2v) is 4.89. The molecule has 16 heavy (non-hydrogen) atoms. The van der Waals surface area contributed by atoms with Gasteiger partial charge in [0.2, 0.25) is 0 Å². The number of halogens is 3. The Morgan fingerprint density at radius 1 is 1.50 bits per heavy atom. The molecule has 2 rings (SSSR count). The summed E-state index contributed by atoms with van der Waals surface area (Å²) < 4.78 is 13.2. The number of nitrogens with zero attached hydrogens (tertiary/aromatic N) is 1. The normalized spacial score (nSPS) is 12.7. The van der Waals surface area contributed by atoms with Crippen molar-refractivity contribution in [3.05, 3.63) is 52.8 Å². The summed E-state index contributed by atoms with van der Waals surface area (Å²) in [7, 11) is 0. The zero-order chi connectivity index (χ0) is 11.5. The van der Waals surface area contributed by atoms with E-state index in [1.165, 1.54) is 6.07 Å². The van der Waals surface area contributed by atoms with Gasteiger partial charge in [-0.2, -0.15) is 0 Å². The zero-order valence-corrected chi connectivity index (χ0v) is 10.6. The van der Waals surface area contributed by atoms with Crippen molar-refractivity contribution in [2.24, 2.45) is 0 Å². The van der Waals surface area contributed by atoms with Crippen LogP contribution in [0.5, 0.6) is 0 Å². The Balaban J connectivity index is 2.14. The molecule has 1 aromatic carbocycles. The van der Waals surface area contributed by atoms with Crippen LogP contribution in [-0.4, -0.2) is 9.97 Å². The molecule has 1 N–H and O–H groups in total. The molecule has 0 radical (unpaired) electrons. The molecule has 1 aromatic heterocycles. The van der Waals surface area contributed by atoms with E-state index < -0.39 is 5.82 Å².